The lowest BCUT2D eigenvalue weighted by Gasteiger charge is -2.34. The van der Waals surface area contributed by atoms with Crippen molar-refractivity contribution in [3.8, 4) is 0 Å². The van der Waals surface area contributed by atoms with Crippen LogP contribution in [0.5, 0.6) is 0 Å². The molecule has 1 saturated heterocycles. The molecule has 0 radical (unpaired) electrons. The molecule has 3 aromatic carbocycles. The van der Waals surface area contributed by atoms with Crippen LogP contribution in [0, 0.1) is 5.41 Å². The van der Waals surface area contributed by atoms with Crippen molar-refractivity contribution in [2.24, 2.45) is 17.2 Å². The first kappa shape index (κ1) is 49.3. The molecule has 1 heterocycles. The molecule has 1 aliphatic heterocycles. The van der Waals surface area contributed by atoms with Crippen molar-refractivity contribution in [3.63, 3.8) is 0 Å². The standard InChI is InChI=1S/C46H65N11O6/c47-22-10-13-25-52-31-43(61)55(28-37-16-4-1-5-17-37)34-40(58)53(26-14-11-23-48)32-44(62)57(30-39-20-8-3-9-21-39)36-42(60)54(27-15-12-24-51-46(49)50)33-45(63)56(35-41(52)59)29-38-18-6-2-7-19-38/h1-9,16-21H,10-15,22-36,47-48H2,(H4,49,50,51). The molecule has 1 aliphatic rings. The normalized spacial score (nSPS) is 15.5. The van der Waals surface area contributed by atoms with E-state index in [0.29, 0.717) is 58.2 Å². The van der Waals surface area contributed by atoms with Crippen molar-refractivity contribution >= 4 is 41.4 Å². The first-order valence-corrected chi connectivity index (χ1v) is 21.7. The minimum atomic E-state index is -0.500. The van der Waals surface area contributed by atoms with Crippen molar-refractivity contribution in [1.82, 2.24) is 34.7 Å². The van der Waals surface area contributed by atoms with Gasteiger partial charge in [-0.15, -0.1) is 0 Å². The monoisotopic (exact) mass is 868 g/mol. The number of unbranched alkanes of at least 4 members (excludes halogenated alkanes) is 3. The molecule has 17 heteroatoms. The molecule has 3 aromatic rings. The van der Waals surface area contributed by atoms with Crippen LogP contribution in [-0.4, -0.2) is 149 Å². The third kappa shape index (κ3) is 17.5. The minimum Gasteiger partial charge on any atom is -0.370 e. The van der Waals surface area contributed by atoms with Gasteiger partial charge in [-0.05, 0) is 68.3 Å². The molecule has 17 nitrogen and oxygen atoms in total. The minimum absolute atomic E-state index is 0.0494. The number of hydrogen-bond donors (Lipinski definition) is 5. The highest BCUT2D eigenvalue weighted by molar-refractivity contribution is 5.93. The second kappa shape index (κ2) is 26.9. The summed E-state index contributed by atoms with van der Waals surface area (Å²) in [5.41, 5.74) is 19.4. The summed E-state index contributed by atoms with van der Waals surface area (Å²) in [5, 5.41) is 10.3. The summed E-state index contributed by atoms with van der Waals surface area (Å²) >= 11 is 0. The third-order valence-electron chi connectivity index (χ3n) is 10.7. The summed E-state index contributed by atoms with van der Waals surface area (Å²) < 4.78 is 0. The Morgan fingerprint density at radius 3 is 0.984 bits per heavy atom. The molecule has 1 fully saturated rings. The zero-order chi connectivity index (χ0) is 45.4. The van der Waals surface area contributed by atoms with Gasteiger partial charge in [0.15, 0.2) is 5.96 Å². The van der Waals surface area contributed by atoms with Crippen molar-refractivity contribution in [2.75, 3.05) is 78.5 Å². The summed E-state index contributed by atoms with van der Waals surface area (Å²) in [6.07, 6.45) is 3.12. The molecular weight excluding hydrogens is 803 g/mol. The lowest BCUT2D eigenvalue weighted by Crippen LogP contribution is -2.53. The highest BCUT2D eigenvalue weighted by Crippen LogP contribution is 2.14. The van der Waals surface area contributed by atoms with Crippen LogP contribution in [0.3, 0.4) is 0 Å². The zero-order valence-corrected chi connectivity index (χ0v) is 36.4. The van der Waals surface area contributed by atoms with E-state index in [4.69, 9.17) is 22.6 Å². The number of rotatable bonds is 19. The van der Waals surface area contributed by atoms with Gasteiger partial charge in [-0.3, -0.25) is 34.2 Å². The molecule has 0 unspecified atom stereocenters. The van der Waals surface area contributed by atoms with Crippen LogP contribution in [-0.2, 0) is 48.4 Å². The largest absolute Gasteiger partial charge is 0.370 e. The zero-order valence-electron chi connectivity index (χ0n) is 36.4. The number of nitrogens with two attached hydrogens (primary N) is 3. The van der Waals surface area contributed by atoms with Crippen molar-refractivity contribution in [1.29, 1.82) is 5.41 Å². The predicted octanol–water partition coefficient (Wildman–Crippen LogP) is 1.31. The van der Waals surface area contributed by atoms with Gasteiger partial charge in [-0.2, -0.15) is 0 Å². The molecule has 8 N–H and O–H groups in total. The van der Waals surface area contributed by atoms with E-state index in [1.165, 1.54) is 29.4 Å². The SMILES string of the molecule is N=C(N)NCCCCN1CC(=O)N(Cc2ccccc2)CC(=O)N(CCCCN)CC(=O)N(Cc2ccccc2)CC(=O)N(CCCCN)CC(=O)N(Cc2ccccc2)CC1=O. The average molecular weight is 868 g/mol. The van der Waals surface area contributed by atoms with Crippen LogP contribution >= 0.6 is 0 Å². The molecule has 340 valence electrons. The smallest absolute Gasteiger partial charge is 0.242 e. The fourth-order valence-electron chi connectivity index (χ4n) is 7.11. The Balaban J connectivity index is 1.80. The van der Waals surface area contributed by atoms with Crippen LogP contribution < -0.4 is 22.5 Å². The topological polar surface area (TPSA) is 236 Å². The van der Waals surface area contributed by atoms with Gasteiger partial charge in [0.2, 0.25) is 35.4 Å². The van der Waals surface area contributed by atoms with E-state index in [1.54, 1.807) is 0 Å². The third-order valence-corrected chi connectivity index (χ3v) is 10.7. The van der Waals surface area contributed by atoms with E-state index in [-0.39, 0.29) is 71.4 Å². The van der Waals surface area contributed by atoms with E-state index < -0.39 is 48.5 Å². The Hall–Kier alpha value is -6.33. The van der Waals surface area contributed by atoms with E-state index in [9.17, 15) is 28.8 Å². The van der Waals surface area contributed by atoms with Crippen LogP contribution in [0.2, 0.25) is 0 Å². The van der Waals surface area contributed by atoms with E-state index in [2.05, 4.69) is 5.32 Å². The van der Waals surface area contributed by atoms with Crippen LogP contribution in [0.25, 0.3) is 0 Å². The van der Waals surface area contributed by atoms with Gasteiger partial charge in [0.25, 0.3) is 0 Å². The molecular formula is C46H65N11O6. The number of carbonyl (C=O) groups is 6. The average Bonchev–Trinajstić information content (AvgIpc) is 3.27. The van der Waals surface area contributed by atoms with Crippen molar-refractivity contribution in [3.05, 3.63) is 108 Å². The molecule has 6 amide bonds. The highest BCUT2D eigenvalue weighted by atomic mass is 16.2. The van der Waals surface area contributed by atoms with E-state index >= 15 is 0 Å². The Morgan fingerprint density at radius 2 is 0.698 bits per heavy atom. The Labute approximate surface area is 371 Å². The van der Waals surface area contributed by atoms with E-state index in [0.717, 1.165) is 16.7 Å². The van der Waals surface area contributed by atoms with E-state index in [1.807, 2.05) is 91.0 Å². The number of benzene rings is 3. The number of hydrogen-bond acceptors (Lipinski definition) is 9. The second-order valence-corrected chi connectivity index (χ2v) is 15.7. The van der Waals surface area contributed by atoms with Crippen LogP contribution in [0.1, 0.15) is 55.2 Å². The van der Waals surface area contributed by atoms with Gasteiger partial charge >= 0.3 is 0 Å². The van der Waals surface area contributed by atoms with Gasteiger partial charge in [0, 0.05) is 45.8 Å². The first-order chi connectivity index (χ1) is 30.5. The maximum Gasteiger partial charge on any atom is 0.242 e. The Bertz CT molecular complexity index is 1870. The summed E-state index contributed by atoms with van der Waals surface area (Å²) in [7, 11) is 0. The molecule has 0 atom stereocenters. The summed E-state index contributed by atoms with van der Waals surface area (Å²) in [5.74, 6) is -3.11. The van der Waals surface area contributed by atoms with Gasteiger partial charge in [0.05, 0.1) is 19.6 Å². The molecule has 0 aliphatic carbocycles. The number of nitrogens with zero attached hydrogens (tertiary/aromatic N) is 6. The molecule has 4 rings (SSSR count). The van der Waals surface area contributed by atoms with Crippen LogP contribution in [0.4, 0.5) is 0 Å². The second-order valence-electron chi connectivity index (χ2n) is 15.7. The molecule has 0 saturated carbocycles. The number of amides is 6. The predicted molar refractivity (Wildman–Crippen MR) is 241 cm³/mol. The van der Waals surface area contributed by atoms with Gasteiger partial charge in [-0.1, -0.05) is 91.0 Å². The number of guanidine groups is 1. The summed E-state index contributed by atoms with van der Waals surface area (Å²) in [6, 6.07) is 27.5. The lowest BCUT2D eigenvalue weighted by molar-refractivity contribution is -0.150. The van der Waals surface area contributed by atoms with Crippen molar-refractivity contribution < 1.29 is 28.8 Å². The van der Waals surface area contributed by atoms with Gasteiger partial charge < -0.3 is 51.9 Å². The number of nitrogens with one attached hydrogen (secondary N) is 2. The molecule has 0 spiro atoms. The summed E-state index contributed by atoms with van der Waals surface area (Å²) in [4.78, 5) is 95.0. The first-order valence-electron chi connectivity index (χ1n) is 21.7. The maximum absolute atomic E-state index is 14.5. The van der Waals surface area contributed by atoms with Gasteiger partial charge in [0.1, 0.15) is 19.6 Å². The molecule has 0 aromatic heterocycles. The Kier molecular flexibility index (Phi) is 21.0. The molecule has 0 bridgehead atoms. The maximum atomic E-state index is 14.5. The fraction of sp³-hybridized carbons (Fsp3) is 0.457. The lowest BCUT2D eigenvalue weighted by atomic mass is 10.2. The van der Waals surface area contributed by atoms with Gasteiger partial charge in [-0.25, -0.2) is 0 Å². The van der Waals surface area contributed by atoms with Crippen LogP contribution in [0.15, 0.2) is 91.0 Å². The summed E-state index contributed by atoms with van der Waals surface area (Å²) in [6.45, 7) is -0.537. The van der Waals surface area contributed by atoms with Crippen molar-refractivity contribution in [2.45, 2.75) is 58.2 Å². The highest BCUT2D eigenvalue weighted by Gasteiger charge is 2.31. The fourth-order valence-corrected chi connectivity index (χ4v) is 7.11. The number of carbonyl (C=O) groups excluding carboxylic acids is 6. The Morgan fingerprint density at radius 1 is 0.429 bits per heavy atom. The quantitative estimate of drug-likeness (QED) is 0.0659. The molecule has 63 heavy (non-hydrogen) atoms.